The Hall–Kier alpha value is -1.11. The molecule has 1 aromatic carbocycles. The van der Waals surface area contributed by atoms with Crippen LogP contribution in [0.15, 0.2) is 18.2 Å². The van der Waals surface area contributed by atoms with Crippen LogP contribution in [-0.4, -0.2) is 43.5 Å². The molecule has 124 valence electrons. The van der Waals surface area contributed by atoms with Gasteiger partial charge in [0.25, 0.3) is 0 Å². The first-order chi connectivity index (χ1) is 10.3. The summed E-state index contributed by atoms with van der Waals surface area (Å²) < 4.78 is 38.6. The lowest BCUT2D eigenvalue weighted by Crippen LogP contribution is -2.29. The predicted octanol–water partition coefficient (Wildman–Crippen LogP) is 2.86. The Kier molecular flexibility index (Phi) is 5.47. The summed E-state index contributed by atoms with van der Waals surface area (Å²) in [6.07, 6.45) is -2.20. The summed E-state index contributed by atoms with van der Waals surface area (Å²) in [6.45, 7) is 2.93. The van der Waals surface area contributed by atoms with Crippen LogP contribution in [0.5, 0.6) is 0 Å². The summed E-state index contributed by atoms with van der Waals surface area (Å²) in [7, 11) is 4.07. The van der Waals surface area contributed by atoms with Gasteiger partial charge in [-0.15, -0.1) is 0 Å². The standard InChI is InChI=1S/C16H24F3N3/c1-21(2)7-3-4-8-22-11-12-5-6-13(16(17,18)19)9-14(12)15(22)10-20/h5-6,9,15H,3-4,7-8,10-11,20H2,1-2H3. The number of hydrogen-bond acceptors (Lipinski definition) is 3. The third kappa shape index (κ3) is 4.00. The highest BCUT2D eigenvalue weighted by Crippen LogP contribution is 2.37. The average Bonchev–Trinajstić information content (AvgIpc) is 2.78. The third-order valence-electron chi connectivity index (χ3n) is 4.17. The molecule has 22 heavy (non-hydrogen) atoms. The van der Waals surface area contributed by atoms with Gasteiger partial charge in [-0.25, -0.2) is 0 Å². The van der Waals surface area contributed by atoms with Crippen LogP contribution in [0.1, 0.15) is 35.6 Å². The second-order valence-corrected chi connectivity index (χ2v) is 6.14. The van der Waals surface area contributed by atoms with Gasteiger partial charge in [-0.1, -0.05) is 6.07 Å². The van der Waals surface area contributed by atoms with E-state index < -0.39 is 11.7 Å². The van der Waals surface area contributed by atoms with Crippen LogP contribution in [0.3, 0.4) is 0 Å². The lowest BCUT2D eigenvalue weighted by molar-refractivity contribution is -0.137. The highest BCUT2D eigenvalue weighted by atomic mass is 19.4. The Morgan fingerprint density at radius 3 is 2.59 bits per heavy atom. The van der Waals surface area contributed by atoms with E-state index in [0.29, 0.717) is 13.1 Å². The Balaban J connectivity index is 2.05. The molecule has 1 unspecified atom stereocenters. The van der Waals surface area contributed by atoms with Crippen LogP contribution in [0.2, 0.25) is 0 Å². The summed E-state index contributed by atoms with van der Waals surface area (Å²) in [6, 6.07) is 3.94. The smallest absolute Gasteiger partial charge is 0.329 e. The summed E-state index contributed by atoms with van der Waals surface area (Å²) in [4.78, 5) is 4.33. The number of halogens is 3. The molecule has 1 aliphatic heterocycles. The maximum atomic E-state index is 12.9. The second kappa shape index (κ2) is 6.98. The molecule has 0 aromatic heterocycles. The minimum absolute atomic E-state index is 0.100. The van der Waals surface area contributed by atoms with Crippen molar-refractivity contribution in [1.82, 2.24) is 9.80 Å². The van der Waals surface area contributed by atoms with E-state index in [1.54, 1.807) is 6.07 Å². The van der Waals surface area contributed by atoms with Crippen LogP contribution in [0.25, 0.3) is 0 Å². The minimum Gasteiger partial charge on any atom is -0.329 e. The van der Waals surface area contributed by atoms with Crippen molar-refractivity contribution in [3.05, 3.63) is 34.9 Å². The number of alkyl halides is 3. The number of benzene rings is 1. The molecule has 2 rings (SSSR count). The van der Waals surface area contributed by atoms with Gasteiger partial charge in [-0.05, 0) is 63.3 Å². The lowest BCUT2D eigenvalue weighted by atomic mass is 10.0. The Morgan fingerprint density at radius 1 is 1.27 bits per heavy atom. The fourth-order valence-electron chi connectivity index (χ4n) is 3.00. The van der Waals surface area contributed by atoms with Gasteiger partial charge in [0.1, 0.15) is 0 Å². The number of fused-ring (bicyclic) bond motifs is 1. The fraction of sp³-hybridized carbons (Fsp3) is 0.625. The molecule has 2 N–H and O–H groups in total. The van der Waals surface area contributed by atoms with Crippen LogP contribution < -0.4 is 5.73 Å². The van der Waals surface area contributed by atoms with E-state index in [2.05, 4.69) is 9.80 Å². The largest absolute Gasteiger partial charge is 0.416 e. The zero-order valence-electron chi connectivity index (χ0n) is 13.2. The van der Waals surface area contributed by atoms with Gasteiger partial charge in [0.2, 0.25) is 0 Å². The number of nitrogens with two attached hydrogens (primary N) is 1. The molecule has 0 saturated heterocycles. The van der Waals surface area contributed by atoms with Crippen molar-refractivity contribution in [3.63, 3.8) is 0 Å². The molecule has 0 spiro atoms. The summed E-state index contributed by atoms with van der Waals surface area (Å²) >= 11 is 0. The average molecular weight is 315 g/mol. The first-order valence-electron chi connectivity index (χ1n) is 7.62. The zero-order valence-corrected chi connectivity index (χ0v) is 13.2. The van der Waals surface area contributed by atoms with Crippen LogP contribution in [0, 0.1) is 0 Å². The second-order valence-electron chi connectivity index (χ2n) is 6.14. The third-order valence-corrected chi connectivity index (χ3v) is 4.17. The fourth-order valence-corrected chi connectivity index (χ4v) is 3.00. The van der Waals surface area contributed by atoms with Gasteiger partial charge in [0.15, 0.2) is 0 Å². The van der Waals surface area contributed by atoms with Crippen molar-refractivity contribution in [2.45, 2.75) is 31.6 Å². The van der Waals surface area contributed by atoms with Crippen molar-refractivity contribution in [1.29, 1.82) is 0 Å². The van der Waals surface area contributed by atoms with E-state index in [1.165, 1.54) is 12.1 Å². The molecule has 1 aromatic rings. The lowest BCUT2D eigenvalue weighted by Gasteiger charge is -2.24. The molecule has 0 radical (unpaired) electrons. The van der Waals surface area contributed by atoms with E-state index >= 15 is 0 Å². The molecule has 1 aliphatic rings. The van der Waals surface area contributed by atoms with E-state index in [-0.39, 0.29) is 6.04 Å². The Labute approximate surface area is 129 Å². The summed E-state index contributed by atoms with van der Waals surface area (Å²) in [5, 5.41) is 0. The van der Waals surface area contributed by atoms with Crippen molar-refractivity contribution in [2.24, 2.45) is 5.73 Å². The Bertz CT molecular complexity index is 500. The monoisotopic (exact) mass is 315 g/mol. The van der Waals surface area contributed by atoms with E-state index in [9.17, 15) is 13.2 Å². The molecule has 1 atom stereocenters. The van der Waals surface area contributed by atoms with Crippen LogP contribution >= 0.6 is 0 Å². The first-order valence-corrected chi connectivity index (χ1v) is 7.62. The molecular weight excluding hydrogens is 291 g/mol. The first kappa shape index (κ1) is 17.2. The SMILES string of the molecule is CN(C)CCCCN1Cc2ccc(C(F)(F)F)cc2C1CN. The minimum atomic E-state index is -4.30. The maximum Gasteiger partial charge on any atom is 0.416 e. The van der Waals surface area contributed by atoms with Crippen molar-refractivity contribution < 1.29 is 13.2 Å². The molecule has 1 heterocycles. The molecule has 0 bridgehead atoms. The maximum absolute atomic E-state index is 12.9. The highest BCUT2D eigenvalue weighted by molar-refractivity contribution is 5.39. The number of rotatable bonds is 6. The molecule has 6 heteroatoms. The molecule has 0 aliphatic carbocycles. The predicted molar refractivity (Wildman–Crippen MR) is 81.4 cm³/mol. The number of unbranched alkanes of at least 4 members (excludes halogenated alkanes) is 1. The quantitative estimate of drug-likeness (QED) is 0.819. The number of hydrogen-bond donors (Lipinski definition) is 1. The normalized spacial score (nSPS) is 19.0. The molecule has 0 amide bonds. The van der Waals surface area contributed by atoms with Crippen molar-refractivity contribution >= 4 is 0 Å². The van der Waals surface area contributed by atoms with E-state index in [4.69, 9.17) is 5.73 Å². The molecule has 0 fully saturated rings. The van der Waals surface area contributed by atoms with Gasteiger partial charge in [0, 0.05) is 19.1 Å². The van der Waals surface area contributed by atoms with Crippen LogP contribution in [-0.2, 0) is 12.7 Å². The molecule has 0 saturated carbocycles. The highest BCUT2D eigenvalue weighted by Gasteiger charge is 2.35. The van der Waals surface area contributed by atoms with Gasteiger partial charge >= 0.3 is 6.18 Å². The van der Waals surface area contributed by atoms with Gasteiger partial charge in [-0.3, -0.25) is 4.90 Å². The van der Waals surface area contributed by atoms with Crippen LogP contribution in [0.4, 0.5) is 13.2 Å². The van der Waals surface area contributed by atoms with E-state index in [1.807, 2.05) is 14.1 Å². The number of nitrogens with zero attached hydrogens (tertiary/aromatic N) is 2. The topological polar surface area (TPSA) is 32.5 Å². The summed E-state index contributed by atoms with van der Waals surface area (Å²) in [5.41, 5.74) is 6.94. The zero-order chi connectivity index (χ0) is 16.3. The Morgan fingerprint density at radius 2 is 2.00 bits per heavy atom. The van der Waals surface area contributed by atoms with Crippen molar-refractivity contribution in [3.8, 4) is 0 Å². The molecule has 3 nitrogen and oxygen atoms in total. The molecular formula is C16H24F3N3. The van der Waals surface area contributed by atoms with Gasteiger partial charge in [-0.2, -0.15) is 13.2 Å². The van der Waals surface area contributed by atoms with Gasteiger partial charge in [0.05, 0.1) is 5.56 Å². The van der Waals surface area contributed by atoms with Crippen molar-refractivity contribution in [2.75, 3.05) is 33.7 Å². The van der Waals surface area contributed by atoms with E-state index in [0.717, 1.165) is 37.1 Å². The summed E-state index contributed by atoms with van der Waals surface area (Å²) in [5.74, 6) is 0. The van der Waals surface area contributed by atoms with Gasteiger partial charge < -0.3 is 10.6 Å².